The van der Waals surface area contributed by atoms with Gasteiger partial charge in [0.05, 0.1) is 6.10 Å². The van der Waals surface area contributed by atoms with Gasteiger partial charge in [0.1, 0.15) is 0 Å². The first-order chi connectivity index (χ1) is 9.16. The van der Waals surface area contributed by atoms with Crippen LogP contribution in [0.3, 0.4) is 0 Å². The number of carbonyl (C=O) groups is 1. The maximum atomic E-state index is 11.9. The summed E-state index contributed by atoms with van der Waals surface area (Å²) in [6.07, 6.45) is 5.41. The molecule has 1 aliphatic rings. The molecule has 1 saturated carbocycles. The zero-order chi connectivity index (χ0) is 13.7. The van der Waals surface area contributed by atoms with Crippen LogP contribution < -0.4 is 5.32 Å². The van der Waals surface area contributed by atoms with E-state index in [0.29, 0.717) is 18.0 Å². The van der Waals surface area contributed by atoms with Crippen molar-refractivity contribution in [2.24, 2.45) is 5.92 Å². The molecule has 2 rings (SSSR count). The first kappa shape index (κ1) is 14.5. The van der Waals surface area contributed by atoms with E-state index >= 15 is 0 Å². The molecule has 3 nitrogen and oxygen atoms in total. The van der Waals surface area contributed by atoms with E-state index in [1.807, 2.05) is 12.1 Å². The maximum absolute atomic E-state index is 11.9. The smallest absolute Gasteiger partial charge is 0.251 e. The first-order valence-corrected chi connectivity index (χ1v) is 7.68. The fourth-order valence-electron chi connectivity index (χ4n) is 2.59. The second kappa shape index (κ2) is 7.06. The van der Waals surface area contributed by atoms with E-state index < -0.39 is 6.10 Å². The van der Waals surface area contributed by atoms with Gasteiger partial charge >= 0.3 is 0 Å². The van der Waals surface area contributed by atoms with Gasteiger partial charge < -0.3 is 10.4 Å². The molecule has 1 aromatic rings. The zero-order valence-electron chi connectivity index (χ0n) is 10.9. The lowest BCUT2D eigenvalue weighted by Crippen LogP contribution is -2.37. The molecule has 0 radical (unpaired) electrons. The summed E-state index contributed by atoms with van der Waals surface area (Å²) in [6, 6.07) is 7.22. The Morgan fingerprint density at radius 2 is 1.89 bits per heavy atom. The molecule has 4 heteroatoms. The topological polar surface area (TPSA) is 49.3 Å². The molecule has 0 bridgehead atoms. The number of carbonyl (C=O) groups excluding carboxylic acids is 1. The molecule has 1 amide bonds. The highest BCUT2D eigenvalue weighted by Crippen LogP contribution is 2.26. The fourth-order valence-corrected chi connectivity index (χ4v) is 2.85. The Morgan fingerprint density at radius 3 is 2.53 bits per heavy atom. The first-order valence-electron chi connectivity index (χ1n) is 6.88. The number of benzene rings is 1. The van der Waals surface area contributed by atoms with Gasteiger partial charge in [-0.2, -0.15) is 0 Å². The molecule has 1 fully saturated rings. The van der Waals surface area contributed by atoms with Crippen LogP contribution in [0.5, 0.6) is 0 Å². The third-order valence-corrected chi connectivity index (χ3v) is 4.30. The summed E-state index contributed by atoms with van der Waals surface area (Å²) in [5.74, 6) is 0.223. The summed E-state index contributed by atoms with van der Waals surface area (Å²) < 4.78 is 0.950. The Bertz CT molecular complexity index is 413. The van der Waals surface area contributed by atoms with Crippen molar-refractivity contribution < 1.29 is 9.90 Å². The number of hydrogen-bond donors (Lipinski definition) is 2. The number of hydrogen-bond acceptors (Lipinski definition) is 2. The lowest BCUT2D eigenvalue weighted by atomic mass is 9.85. The highest BCUT2D eigenvalue weighted by Gasteiger charge is 2.22. The second-order valence-corrected chi connectivity index (χ2v) is 6.10. The van der Waals surface area contributed by atoms with Crippen molar-refractivity contribution in [3.8, 4) is 0 Å². The quantitative estimate of drug-likeness (QED) is 0.893. The Balaban J connectivity index is 1.81. The van der Waals surface area contributed by atoms with Crippen LogP contribution in [-0.4, -0.2) is 23.7 Å². The summed E-state index contributed by atoms with van der Waals surface area (Å²) >= 11 is 3.34. The van der Waals surface area contributed by atoms with Crippen molar-refractivity contribution in [3.05, 3.63) is 34.3 Å². The lowest BCUT2D eigenvalue weighted by molar-refractivity contribution is 0.0738. The van der Waals surface area contributed by atoms with Crippen LogP contribution in [-0.2, 0) is 0 Å². The zero-order valence-corrected chi connectivity index (χ0v) is 12.5. The van der Waals surface area contributed by atoms with Crippen molar-refractivity contribution in [2.75, 3.05) is 6.54 Å². The van der Waals surface area contributed by atoms with Crippen molar-refractivity contribution in [1.29, 1.82) is 0 Å². The molecule has 0 aromatic heterocycles. The summed E-state index contributed by atoms with van der Waals surface area (Å²) in [7, 11) is 0. The Kier molecular flexibility index (Phi) is 5.40. The molecule has 104 valence electrons. The maximum Gasteiger partial charge on any atom is 0.251 e. The molecule has 1 atom stereocenters. The summed E-state index contributed by atoms with van der Waals surface area (Å²) in [4.78, 5) is 11.9. The van der Waals surface area contributed by atoms with E-state index in [2.05, 4.69) is 21.2 Å². The molecule has 19 heavy (non-hydrogen) atoms. The molecular weight excluding hydrogens is 306 g/mol. The predicted octanol–water partition coefficient (Wildman–Crippen LogP) is 3.12. The molecule has 1 aromatic carbocycles. The minimum absolute atomic E-state index is 0.123. The molecule has 0 heterocycles. The van der Waals surface area contributed by atoms with Crippen LogP contribution in [0.15, 0.2) is 28.7 Å². The molecule has 2 N–H and O–H groups in total. The van der Waals surface area contributed by atoms with Gasteiger partial charge in [-0.3, -0.25) is 4.79 Å². The third kappa shape index (κ3) is 4.32. The summed E-state index contributed by atoms with van der Waals surface area (Å²) in [5, 5.41) is 12.9. The normalized spacial score (nSPS) is 18.0. The minimum atomic E-state index is -0.417. The van der Waals surface area contributed by atoms with Crippen LogP contribution in [0, 0.1) is 5.92 Å². The average molecular weight is 326 g/mol. The van der Waals surface area contributed by atoms with Crippen LogP contribution in [0.25, 0.3) is 0 Å². The van der Waals surface area contributed by atoms with Gasteiger partial charge in [0.15, 0.2) is 0 Å². The van der Waals surface area contributed by atoms with Crippen molar-refractivity contribution in [3.63, 3.8) is 0 Å². The largest absolute Gasteiger partial charge is 0.391 e. The van der Waals surface area contributed by atoms with Crippen molar-refractivity contribution >= 4 is 21.8 Å². The Hall–Kier alpha value is -0.870. The highest BCUT2D eigenvalue weighted by molar-refractivity contribution is 9.10. The fraction of sp³-hybridized carbons (Fsp3) is 0.533. The SMILES string of the molecule is O=C(NC[C@@H](O)C1CCCCC1)c1ccc(Br)cc1. The summed E-state index contributed by atoms with van der Waals surface area (Å²) in [5.41, 5.74) is 0.624. The van der Waals surface area contributed by atoms with Gasteiger partial charge in [0, 0.05) is 16.6 Å². The van der Waals surface area contributed by atoms with Crippen LogP contribution in [0.1, 0.15) is 42.5 Å². The van der Waals surface area contributed by atoms with Gasteiger partial charge in [0.25, 0.3) is 5.91 Å². The predicted molar refractivity (Wildman–Crippen MR) is 79.1 cm³/mol. The number of amides is 1. The standard InChI is InChI=1S/C15H20BrNO2/c16-13-8-6-12(7-9-13)15(19)17-10-14(18)11-4-2-1-3-5-11/h6-9,11,14,18H,1-5,10H2,(H,17,19)/t14-/m1/s1. The number of aliphatic hydroxyl groups excluding tert-OH is 1. The van der Waals surface area contributed by atoms with Gasteiger partial charge in [-0.1, -0.05) is 35.2 Å². The number of nitrogens with one attached hydrogen (secondary N) is 1. The molecule has 0 unspecified atom stereocenters. The van der Waals surface area contributed by atoms with Crippen molar-refractivity contribution in [1.82, 2.24) is 5.32 Å². The Morgan fingerprint density at radius 1 is 1.26 bits per heavy atom. The third-order valence-electron chi connectivity index (χ3n) is 3.77. The molecule has 0 spiro atoms. The minimum Gasteiger partial charge on any atom is -0.391 e. The molecule has 1 aliphatic carbocycles. The molecular formula is C15H20BrNO2. The van der Waals surface area contributed by atoms with Crippen LogP contribution >= 0.6 is 15.9 Å². The van der Waals surface area contributed by atoms with Gasteiger partial charge in [0.2, 0.25) is 0 Å². The average Bonchev–Trinajstić information content (AvgIpc) is 2.46. The number of rotatable bonds is 4. The van der Waals surface area contributed by atoms with E-state index in [0.717, 1.165) is 17.3 Å². The van der Waals surface area contributed by atoms with Gasteiger partial charge in [-0.15, -0.1) is 0 Å². The van der Waals surface area contributed by atoms with Crippen molar-refractivity contribution in [2.45, 2.75) is 38.2 Å². The van der Waals surface area contributed by atoms with E-state index in [9.17, 15) is 9.90 Å². The van der Waals surface area contributed by atoms with E-state index in [-0.39, 0.29) is 5.91 Å². The van der Waals surface area contributed by atoms with E-state index in [1.165, 1.54) is 19.3 Å². The number of halogens is 1. The monoisotopic (exact) mass is 325 g/mol. The van der Waals surface area contributed by atoms with Gasteiger partial charge in [-0.25, -0.2) is 0 Å². The second-order valence-electron chi connectivity index (χ2n) is 5.18. The van der Waals surface area contributed by atoms with Gasteiger partial charge in [-0.05, 0) is 43.0 Å². The lowest BCUT2D eigenvalue weighted by Gasteiger charge is -2.26. The molecule has 0 saturated heterocycles. The van der Waals surface area contributed by atoms with E-state index in [4.69, 9.17) is 0 Å². The highest BCUT2D eigenvalue weighted by atomic mass is 79.9. The number of aliphatic hydroxyl groups is 1. The van der Waals surface area contributed by atoms with Crippen LogP contribution in [0.2, 0.25) is 0 Å². The summed E-state index contributed by atoms with van der Waals surface area (Å²) in [6.45, 7) is 0.347. The van der Waals surface area contributed by atoms with Crippen LogP contribution in [0.4, 0.5) is 0 Å². The van der Waals surface area contributed by atoms with E-state index in [1.54, 1.807) is 12.1 Å². The molecule has 0 aliphatic heterocycles. The Labute approximate surface area is 122 Å².